The molecule has 0 atom stereocenters. The second-order valence-electron chi connectivity index (χ2n) is 8.56. The maximum absolute atomic E-state index is 13.9. The van der Waals surface area contributed by atoms with E-state index in [1.54, 1.807) is 0 Å². The Morgan fingerprint density at radius 2 is 1.48 bits per heavy atom. The molecule has 162 valence electrons. The molecule has 3 nitrogen and oxygen atoms in total. The predicted octanol–water partition coefficient (Wildman–Crippen LogP) is 5.98. The molecule has 0 aromatic heterocycles. The fourth-order valence-electron chi connectivity index (χ4n) is 4.78. The molecule has 2 saturated carbocycles. The van der Waals surface area contributed by atoms with Crippen LogP contribution in [0, 0.1) is 17.5 Å². The first-order chi connectivity index (χ1) is 13.9. The summed E-state index contributed by atoms with van der Waals surface area (Å²) in [4.78, 5) is 13.3. The Balaban J connectivity index is 1.82. The molecule has 3 rings (SSSR count). The molecule has 1 aromatic rings. The summed E-state index contributed by atoms with van der Waals surface area (Å²) in [5.74, 6) is -4.53. The minimum Gasteiger partial charge on any atom is -0.462 e. The summed E-state index contributed by atoms with van der Waals surface area (Å²) < 4.78 is 53.2. The summed E-state index contributed by atoms with van der Waals surface area (Å²) in [5, 5.41) is 0. The molecule has 0 aliphatic heterocycles. The highest BCUT2D eigenvalue weighted by molar-refractivity contribution is 5.83. The second-order valence-corrected chi connectivity index (χ2v) is 8.56. The van der Waals surface area contributed by atoms with Gasteiger partial charge in [-0.25, -0.2) is 13.2 Å². The van der Waals surface area contributed by atoms with E-state index in [0.717, 1.165) is 69.9 Å². The number of carbonyl (C=O) groups excluding carboxylic acids is 1. The average molecular weight is 412 g/mol. The maximum Gasteiger partial charge on any atom is 0.316 e. The van der Waals surface area contributed by atoms with Crippen molar-refractivity contribution in [3.63, 3.8) is 0 Å². The molecule has 29 heavy (non-hydrogen) atoms. The maximum atomic E-state index is 13.9. The average Bonchev–Trinajstić information content (AvgIpc) is 2.75. The molecule has 0 saturated heterocycles. The first-order valence-electron chi connectivity index (χ1n) is 10.9. The highest BCUT2D eigenvalue weighted by Crippen LogP contribution is 2.42. The molecule has 1 aromatic carbocycles. The number of ether oxygens (including phenoxy) is 2. The van der Waals surface area contributed by atoms with Crippen LogP contribution in [0.3, 0.4) is 0 Å². The SMILES string of the molecule is CCCOC1(COC(=O)C2(c3cc(F)c(F)c(F)c3)CCCCC2)CCCCC1. The summed E-state index contributed by atoms with van der Waals surface area (Å²) in [6.45, 7) is 2.80. The standard InChI is InChI=1S/C23H31F3O3/c1-2-13-29-22(9-5-3-6-10-22)16-28-21(27)23(11-7-4-8-12-23)17-14-18(24)20(26)19(25)15-17/h14-15H,2-13,16H2,1H3. The first kappa shape index (κ1) is 22.1. The van der Waals surface area contributed by atoms with Crippen LogP contribution in [0.15, 0.2) is 12.1 Å². The summed E-state index contributed by atoms with van der Waals surface area (Å²) in [6.07, 6.45) is 9.11. The number of rotatable bonds is 7. The van der Waals surface area contributed by atoms with Gasteiger partial charge >= 0.3 is 5.97 Å². The van der Waals surface area contributed by atoms with Crippen LogP contribution in [-0.2, 0) is 19.7 Å². The van der Waals surface area contributed by atoms with E-state index in [0.29, 0.717) is 19.4 Å². The Kier molecular flexibility index (Phi) is 7.25. The summed E-state index contributed by atoms with van der Waals surface area (Å²) >= 11 is 0. The van der Waals surface area contributed by atoms with Gasteiger partial charge in [-0.1, -0.05) is 45.4 Å². The molecule has 0 bridgehead atoms. The Morgan fingerprint density at radius 1 is 0.931 bits per heavy atom. The molecule has 0 amide bonds. The van der Waals surface area contributed by atoms with Crippen molar-refractivity contribution in [1.29, 1.82) is 0 Å². The molecule has 0 spiro atoms. The zero-order valence-corrected chi connectivity index (χ0v) is 17.2. The Morgan fingerprint density at radius 3 is 2.03 bits per heavy atom. The smallest absolute Gasteiger partial charge is 0.316 e. The van der Waals surface area contributed by atoms with Crippen LogP contribution in [0.1, 0.15) is 83.1 Å². The van der Waals surface area contributed by atoms with Crippen LogP contribution in [0.2, 0.25) is 0 Å². The van der Waals surface area contributed by atoms with E-state index in [9.17, 15) is 18.0 Å². The minimum atomic E-state index is -1.51. The number of benzene rings is 1. The first-order valence-corrected chi connectivity index (χ1v) is 10.9. The Hall–Kier alpha value is -1.56. The predicted molar refractivity (Wildman–Crippen MR) is 104 cm³/mol. The van der Waals surface area contributed by atoms with E-state index in [2.05, 4.69) is 0 Å². The van der Waals surface area contributed by atoms with Crippen LogP contribution in [-0.4, -0.2) is 24.8 Å². The minimum absolute atomic E-state index is 0.153. The summed E-state index contributed by atoms with van der Waals surface area (Å²) in [7, 11) is 0. The number of esters is 1. The van der Waals surface area contributed by atoms with Gasteiger partial charge < -0.3 is 9.47 Å². The lowest BCUT2D eigenvalue weighted by atomic mass is 9.69. The van der Waals surface area contributed by atoms with Gasteiger partial charge in [-0.15, -0.1) is 0 Å². The van der Waals surface area contributed by atoms with Crippen molar-refractivity contribution in [3.8, 4) is 0 Å². The third-order valence-corrected chi connectivity index (χ3v) is 6.48. The summed E-state index contributed by atoms with van der Waals surface area (Å²) in [5.41, 5.74) is -1.43. The second kappa shape index (κ2) is 9.50. The van der Waals surface area contributed by atoms with Gasteiger partial charge in [0.1, 0.15) is 12.2 Å². The van der Waals surface area contributed by atoms with E-state index in [4.69, 9.17) is 9.47 Å². The highest BCUT2D eigenvalue weighted by Gasteiger charge is 2.45. The van der Waals surface area contributed by atoms with E-state index in [-0.39, 0.29) is 12.2 Å². The number of hydrogen-bond acceptors (Lipinski definition) is 3. The molecule has 6 heteroatoms. The number of halogens is 3. The molecule has 2 fully saturated rings. The van der Waals surface area contributed by atoms with Crippen molar-refractivity contribution < 1.29 is 27.4 Å². The molecular weight excluding hydrogens is 381 g/mol. The number of hydrogen-bond donors (Lipinski definition) is 0. The normalized spacial score (nSPS) is 21.0. The Bertz CT molecular complexity index is 684. The summed E-state index contributed by atoms with van der Waals surface area (Å²) in [6, 6.07) is 1.91. The van der Waals surface area contributed by atoms with Crippen molar-refractivity contribution in [3.05, 3.63) is 35.1 Å². The fourth-order valence-corrected chi connectivity index (χ4v) is 4.78. The van der Waals surface area contributed by atoms with E-state index in [1.807, 2.05) is 6.92 Å². The van der Waals surface area contributed by atoms with Gasteiger partial charge in [0.15, 0.2) is 17.5 Å². The Labute approximate surface area is 171 Å². The quantitative estimate of drug-likeness (QED) is 0.408. The van der Waals surface area contributed by atoms with Gasteiger partial charge in [0.2, 0.25) is 0 Å². The molecular formula is C23H31F3O3. The third kappa shape index (κ3) is 4.79. The van der Waals surface area contributed by atoms with Gasteiger partial charge in [0, 0.05) is 6.61 Å². The van der Waals surface area contributed by atoms with Gasteiger partial charge in [0.05, 0.1) is 5.41 Å². The molecule has 2 aliphatic carbocycles. The molecule has 0 unspecified atom stereocenters. The molecule has 0 N–H and O–H groups in total. The molecule has 0 heterocycles. The topological polar surface area (TPSA) is 35.5 Å². The van der Waals surface area contributed by atoms with Crippen molar-refractivity contribution in [2.24, 2.45) is 0 Å². The van der Waals surface area contributed by atoms with Gasteiger partial charge in [-0.2, -0.15) is 0 Å². The van der Waals surface area contributed by atoms with Crippen LogP contribution < -0.4 is 0 Å². The van der Waals surface area contributed by atoms with Crippen LogP contribution >= 0.6 is 0 Å². The van der Waals surface area contributed by atoms with Crippen molar-refractivity contribution in [1.82, 2.24) is 0 Å². The van der Waals surface area contributed by atoms with Gasteiger partial charge in [-0.05, 0) is 49.8 Å². The van der Waals surface area contributed by atoms with Gasteiger partial charge in [0.25, 0.3) is 0 Å². The van der Waals surface area contributed by atoms with Crippen molar-refractivity contribution in [2.45, 2.75) is 88.6 Å². The van der Waals surface area contributed by atoms with Crippen LogP contribution in [0.5, 0.6) is 0 Å². The zero-order valence-electron chi connectivity index (χ0n) is 17.2. The lowest BCUT2D eigenvalue weighted by Gasteiger charge is -2.39. The monoisotopic (exact) mass is 412 g/mol. The third-order valence-electron chi connectivity index (χ3n) is 6.48. The van der Waals surface area contributed by atoms with Crippen LogP contribution in [0.25, 0.3) is 0 Å². The van der Waals surface area contributed by atoms with Gasteiger partial charge in [-0.3, -0.25) is 4.79 Å². The number of carbonyl (C=O) groups is 1. The van der Waals surface area contributed by atoms with Crippen molar-refractivity contribution in [2.75, 3.05) is 13.2 Å². The van der Waals surface area contributed by atoms with E-state index in [1.165, 1.54) is 0 Å². The highest BCUT2D eigenvalue weighted by atomic mass is 19.2. The van der Waals surface area contributed by atoms with Crippen LogP contribution in [0.4, 0.5) is 13.2 Å². The molecule has 0 radical (unpaired) electrons. The lowest BCUT2D eigenvalue weighted by molar-refractivity contribution is -0.168. The largest absolute Gasteiger partial charge is 0.462 e. The molecule has 2 aliphatic rings. The van der Waals surface area contributed by atoms with E-state index >= 15 is 0 Å². The fraction of sp³-hybridized carbons (Fsp3) is 0.696. The lowest BCUT2D eigenvalue weighted by Crippen LogP contribution is -2.45. The van der Waals surface area contributed by atoms with Crippen molar-refractivity contribution >= 4 is 5.97 Å². The zero-order chi connectivity index (χ0) is 20.9. The van der Waals surface area contributed by atoms with E-state index < -0.39 is 34.4 Å².